The maximum Gasteiger partial charge on any atom is 0.250 e. The predicted octanol–water partition coefficient (Wildman–Crippen LogP) is 0.874. The molecule has 0 aliphatic heterocycles. The van der Waals surface area contributed by atoms with Crippen LogP contribution in [-0.2, 0) is 6.54 Å². The highest BCUT2D eigenvalue weighted by Gasteiger charge is 1.97. The number of rotatable bonds is 2. The van der Waals surface area contributed by atoms with Crippen molar-refractivity contribution in [2.24, 2.45) is 0 Å². The molecular weight excluding hydrogens is 190 g/mol. The second-order valence-electron chi connectivity index (χ2n) is 3.26. The van der Waals surface area contributed by atoms with Gasteiger partial charge in [0, 0.05) is 18.5 Å². The fourth-order valence-corrected chi connectivity index (χ4v) is 1.38. The van der Waals surface area contributed by atoms with Gasteiger partial charge in [-0.1, -0.05) is 6.07 Å². The van der Waals surface area contributed by atoms with E-state index in [9.17, 15) is 4.79 Å². The van der Waals surface area contributed by atoms with Crippen molar-refractivity contribution in [1.29, 1.82) is 0 Å². The zero-order valence-corrected chi connectivity index (χ0v) is 8.13. The molecule has 4 heteroatoms. The third-order valence-corrected chi connectivity index (χ3v) is 2.10. The summed E-state index contributed by atoms with van der Waals surface area (Å²) in [5.41, 5.74) is 6.50. The largest absolute Gasteiger partial charge is 0.384 e. The van der Waals surface area contributed by atoms with E-state index >= 15 is 0 Å². The first kappa shape index (κ1) is 9.45. The monoisotopic (exact) mass is 201 g/mol. The molecule has 2 aromatic heterocycles. The van der Waals surface area contributed by atoms with E-state index in [2.05, 4.69) is 4.98 Å². The Morgan fingerprint density at radius 1 is 1.33 bits per heavy atom. The van der Waals surface area contributed by atoms with Gasteiger partial charge in [0.1, 0.15) is 5.82 Å². The van der Waals surface area contributed by atoms with Gasteiger partial charge < -0.3 is 10.3 Å². The van der Waals surface area contributed by atoms with Crippen molar-refractivity contribution in [2.45, 2.75) is 6.54 Å². The molecule has 0 saturated heterocycles. The van der Waals surface area contributed by atoms with Crippen LogP contribution >= 0.6 is 0 Å². The van der Waals surface area contributed by atoms with Gasteiger partial charge in [0.2, 0.25) is 0 Å². The fraction of sp³-hybridized carbons (Fsp3) is 0.0909. The van der Waals surface area contributed by atoms with Crippen LogP contribution in [0.25, 0.3) is 0 Å². The maximum atomic E-state index is 11.4. The van der Waals surface area contributed by atoms with Crippen LogP contribution in [-0.4, -0.2) is 9.55 Å². The SMILES string of the molecule is Nc1cc(Cn2ccccc2=O)ccn1. The lowest BCUT2D eigenvalue weighted by molar-refractivity contribution is 0.759. The van der Waals surface area contributed by atoms with Crippen LogP contribution in [0.15, 0.2) is 47.5 Å². The highest BCUT2D eigenvalue weighted by atomic mass is 16.1. The molecule has 2 heterocycles. The third-order valence-electron chi connectivity index (χ3n) is 2.10. The Hall–Kier alpha value is -2.10. The minimum Gasteiger partial charge on any atom is -0.384 e. The molecule has 15 heavy (non-hydrogen) atoms. The summed E-state index contributed by atoms with van der Waals surface area (Å²) in [4.78, 5) is 15.3. The summed E-state index contributed by atoms with van der Waals surface area (Å²) in [6, 6.07) is 8.69. The summed E-state index contributed by atoms with van der Waals surface area (Å²) >= 11 is 0. The van der Waals surface area contributed by atoms with Crippen LogP contribution < -0.4 is 11.3 Å². The number of hydrogen-bond acceptors (Lipinski definition) is 3. The normalized spacial score (nSPS) is 10.1. The van der Waals surface area contributed by atoms with Crippen LogP contribution in [0.2, 0.25) is 0 Å². The van der Waals surface area contributed by atoms with Gasteiger partial charge in [-0.15, -0.1) is 0 Å². The fourth-order valence-electron chi connectivity index (χ4n) is 1.38. The minimum absolute atomic E-state index is 0.0205. The van der Waals surface area contributed by atoms with Crippen LogP contribution in [0.4, 0.5) is 5.82 Å². The highest BCUT2D eigenvalue weighted by molar-refractivity contribution is 5.31. The van der Waals surface area contributed by atoms with E-state index in [0.29, 0.717) is 12.4 Å². The van der Waals surface area contributed by atoms with Crippen molar-refractivity contribution in [3.8, 4) is 0 Å². The zero-order chi connectivity index (χ0) is 10.7. The summed E-state index contributed by atoms with van der Waals surface area (Å²) < 4.78 is 1.62. The molecule has 0 amide bonds. The maximum absolute atomic E-state index is 11.4. The number of hydrogen-bond donors (Lipinski definition) is 1. The molecule has 0 bridgehead atoms. The molecule has 0 aliphatic rings. The summed E-state index contributed by atoms with van der Waals surface area (Å²) in [7, 11) is 0. The average Bonchev–Trinajstić information content (AvgIpc) is 2.22. The van der Waals surface area contributed by atoms with Gasteiger partial charge in [-0.2, -0.15) is 0 Å². The van der Waals surface area contributed by atoms with Crippen LogP contribution in [0.5, 0.6) is 0 Å². The van der Waals surface area contributed by atoms with Gasteiger partial charge in [0.15, 0.2) is 0 Å². The molecule has 0 atom stereocenters. The van der Waals surface area contributed by atoms with Gasteiger partial charge in [-0.3, -0.25) is 4.79 Å². The molecule has 0 radical (unpaired) electrons. The molecule has 4 nitrogen and oxygen atoms in total. The summed E-state index contributed by atoms with van der Waals surface area (Å²) in [6.45, 7) is 0.520. The van der Waals surface area contributed by atoms with Crippen LogP contribution in [0.3, 0.4) is 0 Å². The molecule has 0 spiro atoms. The third kappa shape index (κ3) is 2.22. The molecule has 0 unspecified atom stereocenters. The lowest BCUT2D eigenvalue weighted by Gasteiger charge is -2.04. The summed E-state index contributed by atoms with van der Waals surface area (Å²) in [6.07, 6.45) is 3.39. The van der Waals surface area contributed by atoms with E-state index < -0.39 is 0 Å². The smallest absolute Gasteiger partial charge is 0.250 e. The first-order valence-corrected chi connectivity index (χ1v) is 4.61. The molecule has 2 aromatic rings. The van der Waals surface area contributed by atoms with E-state index in [4.69, 9.17) is 5.73 Å². The Labute approximate surface area is 87.0 Å². The predicted molar refractivity (Wildman–Crippen MR) is 58.5 cm³/mol. The molecule has 0 saturated carbocycles. The first-order chi connectivity index (χ1) is 7.25. The quantitative estimate of drug-likeness (QED) is 0.784. The zero-order valence-electron chi connectivity index (χ0n) is 8.13. The van der Waals surface area contributed by atoms with Crippen LogP contribution in [0, 0.1) is 0 Å². The Morgan fingerprint density at radius 2 is 2.20 bits per heavy atom. The minimum atomic E-state index is -0.0205. The van der Waals surface area contributed by atoms with Gasteiger partial charge in [-0.05, 0) is 23.8 Å². The standard InChI is InChI=1S/C11H11N3O/c12-10-7-9(4-5-13-10)8-14-6-2-1-3-11(14)15/h1-7H,8H2,(H2,12,13). The van der Waals surface area contributed by atoms with E-state index in [0.717, 1.165) is 5.56 Å². The van der Waals surface area contributed by atoms with Crippen LogP contribution in [0.1, 0.15) is 5.56 Å². The second-order valence-corrected chi connectivity index (χ2v) is 3.26. The van der Waals surface area contributed by atoms with Gasteiger partial charge in [0.05, 0.1) is 6.54 Å². The van der Waals surface area contributed by atoms with Gasteiger partial charge in [0.25, 0.3) is 5.56 Å². The Kier molecular flexibility index (Phi) is 2.49. The van der Waals surface area contributed by atoms with Crippen molar-refractivity contribution < 1.29 is 0 Å². The first-order valence-electron chi connectivity index (χ1n) is 4.61. The number of nitrogen functional groups attached to an aromatic ring is 1. The number of nitrogens with two attached hydrogens (primary N) is 1. The Bertz CT molecular complexity index is 519. The summed E-state index contributed by atoms with van der Waals surface area (Å²) in [5, 5.41) is 0. The van der Waals surface area contributed by atoms with E-state index in [1.54, 1.807) is 29.1 Å². The number of nitrogens with zero attached hydrogens (tertiary/aromatic N) is 2. The number of aromatic nitrogens is 2. The van der Waals surface area contributed by atoms with Gasteiger partial charge in [-0.25, -0.2) is 4.98 Å². The van der Waals surface area contributed by atoms with E-state index in [1.807, 2.05) is 12.1 Å². The average molecular weight is 201 g/mol. The Morgan fingerprint density at radius 3 is 2.93 bits per heavy atom. The van der Waals surface area contributed by atoms with Crippen molar-refractivity contribution in [1.82, 2.24) is 9.55 Å². The van der Waals surface area contributed by atoms with E-state index in [-0.39, 0.29) is 5.56 Å². The van der Waals surface area contributed by atoms with E-state index in [1.165, 1.54) is 6.07 Å². The number of pyridine rings is 2. The number of anilines is 1. The molecule has 0 fully saturated rings. The van der Waals surface area contributed by atoms with Crippen molar-refractivity contribution in [3.63, 3.8) is 0 Å². The van der Waals surface area contributed by atoms with Crippen molar-refractivity contribution in [2.75, 3.05) is 5.73 Å². The second kappa shape index (κ2) is 3.96. The van der Waals surface area contributed by atoms with Crippen molar-refractivity contribution >= 4 is 5.82 Å². The molecular formula is C11H11N3O. The topological polar surface area (TPSA) is 60.9 Å². The highest BCUT2D eigenvalue weighted by Crippen LogP contribution is 2.03. The summed E-state index contributed by atoms with van der Waals surface area (Å²) in [5.74, 6) is 0.469. The lowest BCUT2D eigenvalue weighted by Crippen LogP contribution is -2.18. The van der Waals surface area contributed by atoms with Gasteiger partial charge >= 0.3 is 0 Å². The Balaban J connectivity index is 2.30. The van der Waals surface area contributed by atoms with Crippen molar-refractivity contribution in [3.05, 3.63) is 58.6 Å². The molecule has 0 aliphatic carbocycles. The molecule has 76 valence electrons. The molecule has 0 aromatic carbocycles. The molecule has 2 rings (SSSR count). The molecule has 2 N–H and O–H groups in total. The lowest BCUT2D eigenvalue weighted by atomic mass is 10.2.